The Morgan fingerprint density at radius 1 is 1.07 bits per heavy atom. The zero-order valence-corrected chi connectivity index (χ0v) is 23.4. The van der Waals surface area contributed by atoms with Gasteiger partial charge in [-0.3, -0.25) is 19.6 Å². The number of hydrogen-bond acceptors (Lipinski definition) is 7. The molecule has 1 saturated carbocycles. The van der Waals surface area contributed by atoms with Gasteiger partial charge in [0, 0.05) is 50.4 Å². The second-order valence-corrected chi connectivity index (χ2v) is 12.0. The normalized spacial score (nSPS) is 17.1. The van der Waals surface area contributed by atoms with Crippen LogP contribution in [0.25, 0.3) is 20.8 Å². The van der Waals surface area contributed by atoms with E-state index in [0.717, 1.165) is 47.6 Å². The summed E-state index contributed by atoms with van der Waals surface area (Å²) in [5.41, 5.74) is 2.67. The maximum absolute atomic E-state index is 14.9. The fourth-order valence-electron chi connectivity index (χ4n) is 5.12. The number of halogens is 1. The van der Waals surface area contributed by atoms with Crippen LogP contribution in [0.3, 0.4) is 0 Å². The summed E-state index contributed by atoms with van der Waals surface area (Å²) >= 11 is 1.45. The number of fused-ring (bicyclic) bond motifs is 1. The van der Waals surface area contributed by atoms with E-state index in [0.29, 0.717) is 40.8 Å². The van der Waals surface area contributed by atoms with Gasteiger partial charge in [0.05, 0.1) is 26.4 Å². The second kappa shape index (κ2) is 11.1. The minimum atomic E-state index is -0.504. The molecule has 1 aliphatic heterocycles. The quantitative estimate of drug-likeness (QED) is 0.252. The second-order valence-electron chi connectivity index (χ2n) is 11.0. The summed E-state index contributed by atoms with van der Waals surface area (Å²) in [5.74, 6) is 0.756. The number of rotatable bonds is 9. The molecule has 4 heterocycles. The highest BCUT2D eigenvalue weighted by molar-refractivity contribution is 7.22. The first-order valence-electron chi connectivity index (χ1n) is 13.6. The lowest BCUT2D eigenvalue weighted by molar-refractivity contribution is -0.118. The predicted molar refractivity (Wildman–Crippen MR) is 153 cm³/mol. The van der Waals surface area contributed by atoms with Gasteiger partial charge in [0.2, 0.25) is 0 Å². The van der Waals surface area contributed by atoms with Crippen LogP contribution in [0.4, 0.5) is 4.39 Å². The Bertz CT molecular complexity index is 1560. The number of benzene rings is 1. The summed E-state index contributed by atoms with van der Waals surface area (Å²) in [7, 11) is 4.08. The maximum atomic E-state index is 14.9. The third-order valence-electron chi connectivity index (χ3n) is 7.65. The summed E-state index contributed by atoms with van der Waals surface area (Å²) in [4.78, 5) is 39.1. The standard InChI is InChI=1S/C31H31FN4O3S/c1-35(2)22-10-12-36(18-22)31(38)21-6-7-25(34-17-21)29-16-26-30(40-29)28(9-11-33-26)39-27-8-5-20(15-24(27)32)14-23(37)13-19-3-4-19/h5-9,11,15-17,19,22H,3-4,10,12-14,18H2,1-2H3/t22-/m1/s1. The highest BCUT2D eigenvalue weighted by Gasteiger charge is 2.28. The fourth-order valence-corrected chi connectivity index (χ4v) is 6.16. The maximum Gasteiger partial charge on any atom is 0.255 e. The highest BCUT2D eigenvalue weighted by atomic mass is 32.1. The van der Waals surface area contributed by atoms with Gasteiger partial charge in [-0.25, -0.2) is 4.39 Å². The van der Waals surface area contributed by atoms with Gasteiger partial charge in [0.15, 0.2) is 11.6 Å². The van der Waals surface area contributed by atoms with Crippen LogP contribution in [0.1, 0.15) is 41.6 Å². The van der Waals surface area contributed by atoms with Gasteiger partial charge in [-0.1, -0.05) is 6.07 Å². The lowest BCUT2D eigenvalue weighted by Gasteiger charge is -2.20. The monoisotopic (exact) mass is 558 g/mol. The van der Waals surface area contributed by atoms with E-state index in [4.69, 9.17) is 4.74 Å². The first kappa shape index (κ1) is 26.5. The van der Waals surface area contributed by atoms with Gasteiger partial charge in [-0.05, 0) is 75.2 Å². The molecule has 0 spiro atoms. The van der Waals surface area contributed by atoms with Crippen LogP contribution in [-0.4, -0.2) is 64.7 Å². The van der Waals surface area contributed by atoms with E-state index in [1.807, 2.05) is 37.2 Å². The molecule has 9 heteroatoms. The lowest BCUT2D eigenvalue weighted by Crippen LogP contribution is -2.34. The third-order valence-corrected chi connectivity index (χ3v) is 8.81. The highest BCUT2D eigenvalue weighted by Crippen LogP contribution is 2.39. The molecular formula is C31H31FN4O3S. The Balaban J connectivity index is 1.17. The zero-order chi connectivity index (χ0) is 27.8. The van der Waals surface area contributed by atoms with E-state index >= 15 is 0 Å². The van der Waals surface area contributed by atoms with Crippen LogP contribution >= 0.6 is 11.3 Å². The number of carbonyl (C=O) groups is 2. The SMILES string of the molecule is CN(C)[C@@H]1CCN(C(=O)c2ccc(-c3cc4nccc(Oc5ccc(CC(=O)CC6CC6)cc5F)c4s3)nc2)C1. The van der Waals surface area contributed by atoms with Crippen molar-refractivity contribution in [2.75, 3.05) is 27.2 Å². The lowest BCUT2D eigenvalue weighted by atomic mass is 10.0. The van der Waals surface area contributed by atoms with Crippen molar-refractivity contribution in [2.24, 2.45) is 5.92 Å². The third kappa shape index (κ3) is 5.76. The molecule has 0 radical (unpaired) electrons. The molecule has 1 saturated heterocycles. The van der Waals surface area contributed by atoms with Gasteiger partial charge < -0.3 is 14.5 Å². The Morgan fingerprint density at radius 3 is 2.62 bits per heavy atom. The number of hydrogen-bond donors (Lipinski definition) is 0. The molecule has 0 N–H and O–H groups in total. The summed E-state index contributed by atoms with van der Waals surface area (Å²) in [6.45, 7) is 1.47. The number of thiophene rings is 1. The average Bonchev–Trinajstić information content (AvgIpc) is 3.42. The van der Waals surface area contributed by atoms with Crippen molar-refractivity contribution >= 4 is 33.2 Å². The number of likely N-dealkylation sites (tertiary alicyclic amines) is 1. The van der Waals surface area contributed by atoms with Crippen LogP contribution in [0.15, 0.2) is 54.9 Å². The molecule has 1 amide bonds. The van der Waals surface area contributed by atoms with Crippen molar-refractivity contribution in [3.05, 3.63) is 71.8 Å². The number of Topliss-reactive ketones (excluding diaryl/α,β-unsaturated/α-hetero) is 1. The number of nitrogens with zero attached hydrogens (tertiary/aromatic N) is 4. The minimum Gasteiger partial charge on any atom is -0.453 e. The molecule has 2 aliphatic rings. The molecule has 1 aromatic carbocycles. The van der Waals surface area contributed by atoms with Crippen molar-refractivity contribution in [2.45, 2.75) is 38.1 Å². The van der Waals surface area contributed by atoms with E-state index in [2.05, 4.69) is 14.9 Å². The summed E-state index contributed by atoms with van der Waals surface area (Å²) in [5, 5.41) is 0. The molecule has 7 nitrogen and oxygen atoms in total. The first-order chi connectivity index (χ1) is 19.3. The van der Waals surface area contributed by atoms with Gasteiger partial charge in [-0.15, -0.1) is 11.3 Å². The van der Waals surface area contributed by atoms with Gasteiger partial charge >= 0.3 is 0 Å². The van der Waals surface area contributed by atoms with Gasteiger partial charge in [-0.2, -0.15) is 0 Å². The van der Waals surface area contributed by atoms with Crippen molar-refractivity contribution in [1.29, 1.82) is 0 Å². The van der Waals surface area contributed by atoms with Crippen LogP contribution in [0, 0.1) is 11.7 Å². The van der Waals surface area contributed by atoms with Crippen LogP contribution < -0.4 is 4.74 Å². The predicted octanol–water partition coefficient (Wildman–Crippen LogP) is 5.98. The smallest absolute Gasteiger partial charge is 0.255 e. The molecule has 206 valence electrons. The van der Waals surface area contributed by atoms with E-state index in [1.165, 1.54) is 17.4 Å². The molecule has 0 bridgehead atoms. The number of carbonyl (C=O) groups excluding carboxylic acids is 2. The Kier molecular flexibility index (Phi) is 7.33. The molecule has 3 aromatic heterocycles. The molecule has 1 atom stereocenters. The van der Waals surface area contributed by atoms with Crippen molar-refractivity contribution in [3.63, 3.8) is 0 Å². The number of pyridine rings is 2. The largest absolute Gasteiger partial charge is 0.453 e. The summed E-state index contributed by atoms with van der Waals surface area (Å²) in [6.07, 6.45) is 7.29. The number of aromatic nitrogens is 2. The van der Waals surface area contributed by atoms with Gasteiger partial charge in [0.1, 0.15) is 11.5 Å². The molecule has 40 heavy (non-hydrogen) atoms. The fraction of sp³-hybridized carbons (Fsp3) is 0.355. The van der Waals surface area contributed by atoms with Crippen molar-refractivity contribution in [3.8, 4) is 22.1 Å². The van der Waals surface area contributed by atoms with Gasteiger partial charge in [0.25, 0.3) is 5.91 Å². The van der Waals surface area contributed by atoms with E-state index < -0.39 is 5.82 Å². The van der Waals surface area contributed by atoms with E-state index in [-0.39, 0.29) is 23.9 Å². The molecule has 1 aliphatic carbocycles. The Labute approximate surface area is 236 Å². The Morgan fingerprint density at radius 2 is 1.93 bits per heavy atom. The number of amides is 1. The minimum absolute atomic E-state index is 0.00239. The molecular weight excluding hydrogens is 527 g/mol. The van der Waals surface area contributed by atoms with Crippen LogP contribution in [0.5, 0.6) is 11.5 Å². The number of ether oxygens (including phenoxy) is 1. The topological polar surface area (TPSA) is 75.6 Å². The zero-order valence-electron chi connectivity index (χ0n) is 22.6. The Hall–Kier alpha value is -3.69. The van der Waals surface area contributed by atoms with E-state index in [1.54, 1.807) is 30.6 Å². The number of likely N-dealkylation sites (N-methyl/N-ethyl adjacent to an activating group) is 1. The summed E-state index contributed by atoms with van der Waals surface area (Å²) in [6, 6.07) is 12.4. The van der Waals surface area contributed by atoms with Crippen LogP contribution in [0.2, 0.25) is 0 Å². The van der Waals surface area contributed by atoms with E-state index in [9.17, 15) is 14.0 Å². The van der Waals surface area contributed by atoms with Crippen LogP contribution in [-0.2, 0) is 11.2 Å². The molecule has 4 aromatic rings. The molecule has 2 fully saturated rings. The van der Waals surface area contributed by atoms with Crippen molar-refractivity contribution in [1.82, 2.24) is 19.8 Å². The molecule has 0 unspecified atom stereocenters. The number of ketones is 1. The van der Waals surface area contributed by atoms with Crippen molar-refractivity contribution < 1.29 is 18.7 Å². The first-order valence-corrected chi connectivity index (χ1v) is 14.4. The summed E-state index contributed by atoms with van der Waals surface area (Å²) < 4.78 is 21.7. The molecule has 6 rings (SSSR count). The average molecular weight is 559 g/mol.